The highest BCUT2D eigenvalue weighted by Crippen LogP contribution is 2.30. The Labute approximate surface area is 63.2 Å². The van der Waals surface area contributed by atoms with Gasteiger partial charge in [-0.3, -0.25) is 10.4 Å². The van der Waals surface area contributed by atoms with Crippen LogP contribution >= 0.6 is 11.8 Å². The van der Waals surface area contributed by atoms with Crippen molar-refractivity contribution in [3.8, 4) is 0 Å². The molecule has 0 bridgehead atoms. The zero-order chi connectivity index (χ0) is 6.97. The van der Waals surface area contributed by atoms with Crippen LogP contribution in [0, 0.1) is 11.3 Å². The largest absolute Gasteiger partial charge is 0.299 e. The van der Waals surface area contributed by atoms with E-state index >= 15 is 0 Å². The third-order valence-electron chi connectivity index (χ3n) is 1.31. The second-order valence-electron chi connectivity index (χ2n) is 1.96. The molecule has 2 aliphatic rings. The number of thioether (sulfide) groups is 1. The molecular weight excluding hydrogens is 144 g/mol. The number of nitrogens with one attached hydrogen (secondary N) is 1. The summed E-state index contributed by atoms with van der Waals surface area (Å²) in [5, 5.41) is 7.40. The molecule has 48 valence electrons. The predicted molar refractivity (Wildman–Crippen MR) is 43.2 cm³/mol. The molecule has 3 heteroatoms. The van der Waals surface area contributed by atoms with Crippen molar-refractivity contribution in [2.75, 3.05) is 0 Å². The molecule has 10 heavy (non-hydrogen) atoms. The summed E-state index contributed by atoms with van der Waals surface area (Å²) in [6.07, 6.45) is 5.54. The quantitative estimate of drug-likeness (QED) is 0.521. The number of rotatable bonds is 0. The topological polar surface area (TPSA) is 36.2 Å². The molecule has 2 nitrogen and oxygen atoms in total. The molecule has 0 aromatic rings. The van der Waals surface area contributed by atoms with Crippen molar-refractivity contribution < 1.29 is 0 Å². The molecule has 0 unspecified atom stereocenters. The third-order valence-corrected chi connectivity index (χ3v) is 2.04. The van der Waals surface area contributed by atoms with Crippen LogP contribution in [0.3, 0.4) is 0 Å². The molecule has 0 aromatic carbocycles. The first kappa shape index (κ1) is 5.92. The number of hydrogen-bond acceptors (Lipinski definition) is 3. The van der Waals surface area contributed by atoms with Gasteiger partial charge in [0.25, 0.3) is 0 Å². The van der Waals surface area contributed by atoms with Crippen LogP contribution < -0.4 is 0 Å². The van der Waals surface area contributed by atoms with Crippen molar-refractivity contribution in [2.24, 2.45) is 4.99 Å². The van der Waals surface area contributed by atoms with Gasteiger partial charge in [0.05, 0.1) is 11.4 Å². The monoisotopic (exact) mass is 148 g/mol. The molecule has 2 radical (unpaired) electrons. The van der Waals surface area contributed by atoms with E-state index < -0.39 is 0 Å². The highest BCUT2D eigenvalue weighted by Gasteiger charge is 2.19. The van der Waals surface area contributed by atoms with Gasteiger partial charge < -0.3 is 0 Å². The lowest BCUT2D eigenvalue weighted by Crippen LogP contribution is -2.10. The summed E-state index contributed by atoms with van der Waals surface area (Å²) in [7, 11) is 0. The fraction of sp³-hybridized carbons (Fsp3) is 0. The van der Waals surface area contributed by atoms with Gasteiger partial charge >= 0.3 is 0 Å². The molecule has 0 saturated carbocycles. The van der Waals surface area contributed by atoms with Gasteiger partial charge in [-0.1, -0.05) is 17.8 Å². The van der Waals surface area contributed by atoms with Gasteiger partial charge in [0.15, 0.2) is 5.88 Å². The SMILES string of the molecule is N=C1C=CC=C2S[C]N=C12. The summed E-state index contributed by atoms with van der Waals surface area (Å²) in [5.74, 6) is 2.75. The molecule has 2 rings (SSSR count). The Bertz CT molecular complexity index is 273. The Morgan fingerprint density at radius 2 is 2.50 bits per heavy atom. The van der Waals surface area contributed by atoms with E-state index in [1.165, 1.54) is 11.8 Å². The lowest BCUT2D eigenvalue weighted by atomic mass is 10.1. The van der Waals surface area contributed by atoms with Crippen molar-refractivity contribution in [3.05, 3.63) is 29.0 Å². The van der Waals surface area contributed by atoms with Crippen LogP contribution in [0.1, 0.15) is 0 Å². The van der Waals surface area contributed by atoms with Crippen LogP contribution in [0.2, 0.25) is 0 Å². The van der Waals surface area contributed by atoms with E-state index in [1.807, 2.05) is 12.2 Å². The van der Waals surface area contributed by atoms with E-state index in [-0.39, 0.29) is 0 Å². The summed E-state index contributed by atoms with van der Waals surface area (Å²) < 4.78 is 0. The van der Waals surface area contributed by atoms with Crippen LogP contribution in [0.15, 0.2) is 28.1 Å². The Balaban J connectivity index is 2.48. The molecule has 1 heterocycles. The van der Waals surface area contributed by atoms with E-state index in [9.17, 15) is 0 Å². The number of hydrogen-bond donors (Lipinski definition) is 1. The highest BCUT2D eigenvalue weighted by atomic mass is 32.2. The molecule has 0 fully saturated rings. The maximum Gasteiger partial charge on any atom is 0.187 e. The summed E-state index contributed by atoms with van der Waals surface area (Å²) in [6, 6.07) is 0. The minimum atomic E-state index is 0.481. The molecule has 1 N–H and O–H groups in total. The summed E-state index contributed by atoms with van der Waals surface area (Å²) in [5.41, 5.74) is 1.24. The average Bonchev–Trinajstić information content (AvgIpc) is 2.36. The highest BCUT2D eigenvalue weighted by molar-refractivity contribution is 8.06. The maximum atomic E-state index is 7.40. The van der Waals surface area contributed by atoms with Crippen LogP contribution in [-0.4, -0.2) is 11.4 Å². The van der Waals surface area contributed by atoms with Crippen molar-refractivity contribution in [2.45, 2.75) is 0 Å². The molecule has 0 spiro atoms. The summed E-state index contributed by atoms with van der Waals surface area (Å²) in [4.78, 5) is 4.96. The third kappa shape index (κ3) is 0.743. The summed E-state index contributed by atoms with van der Waals surface area (Å²) >= 11 is 1.45. The zero-order valence-electron chi connectivity index (χ0n) is 5.09. The minimum absolute atomic E-state index is 0.481. The lowest BCUT2D eigenvalue weighted by Gasteiger charge is -2.02. The number of fused-ring (bicyclic) bond motifs is 1. The van der Waals surface area contributed by atoms with E-state index in [2.05, 4.69) is 10.9 Å². The molecule has 1 aliphatic carbocycles. The first-order valence-electron chi connectivity index (χ1n) is 2.85. The van der Waals surface area contributed by atoms with Gasteiger partial charge in [0.2, 0.25) is 0 Å². The second kappa shape index (κ2) is 2.09. The number of nitrogens with zero attached hydrogens (tertiary/aromatic N) is 1. The number of allylic oxidation sites excluding steroid dienone is 4. The Hall–Kier alpha value is -0.830. The van der Waals surface area contributed by atoms with Gasteiger partial charge in [0, 0.05) is 4.91 Å². The molecule has 0 atom stereocenters. The predicted octanol–water partition coefficient (Wildman–Crippen LogP) is 1.64. The molecule has 0 aromatic heterocycles. The zero-order valence-corrected chi connectivity index (χ0v) is 5.90. The maximum absolute atomic E-state index is 7.40. The summed E-state index contributed by atoms with van der Waals surface area (Å²) in [6.45, 7) is 0. The van der Waals surface area contributed by atoms with Gasteiger partial charge in [-0.2, -0.15) is 0 Å². The molecular formula is C7H4N2S. The smallest absolute Gasteiger partial charge is 0.187 e. The first-order valence-corrected chi connectivity index (χ1v) is 3.67. The van der Waals surface area contributed by atoms with Crippen LogP contribution in [0.4, 0.5) is 0 Å². The van der Waals surface area contributed by atoms with E-state index in [1.54, 1.807) is 6.08 Å². The molecule has 0 amide bonds. The van der Waals surface area contributed by atoms with Crippen molar-refractivity contribution in [1.82, 2.24) is 0 Å². The Morgan fingerprint density at radius 1 is 1.60 bits per heavy atom. The standard InChI is InChI=1S/C7H4N2S/c8-5-2-1-3-6-7(5)9-4-10-6/h1-3,8H. The molecule has 0 saturated heterocycles. The van der Waals surface area contributed by atoms with E-state index in [4.69, 9.17) is 5.41 Å². The fourth-order valence-electron chi connectivity index (χ4n) is 0.838. The van der Waals surface area contributed by atoms with Crippen molar-refractivity contribution in [1.29, 1.82) is 5.41 Å². The van der Waals surface area contributed by atoms with Gasteiger partial charge in [-0.05, 0) is 12.2 Å². The van der Waals surface area contributed by atoms with Crippen molar-refractivity contribution in [3.63, 3.8) is 0 Å². The molecule has 1 aliphatic heterocycles. The van der Waals surface area contributed by atoms with Crippen LogP contribution in [0.25, 0.3) is 0 Å². The van der Waals surface area contributed by atoms with Crippen LogP contribution in [0.5, 0.6) is 0 Å². The number of aliphatic imine (C=N–C) groups is 1. The van der Waals surface area contributed by atoms with Gasteiger partial charge in [0.1, 0.15) is 0 Å². The lowest BCUT2D eigenvalue weighted by molar-refractivity contribution is 1.51. The Morgan fingerprint density at radius 3 is 3.30 bits per heavy atom. The Kier molecular flexibility index (Phi) is 1.24. The van der Waals surface area contributed by atoms with E-state index in [0.29, 0.717) is 5.71 Å². The minimum Gasteiger partial charge on any atom is -0.299 e. The van der Waals surface area contributed by atoms with Crippen LogP contribution in [-0.2, 0) is 0 Å². The average molecular weight is 148 g/mol. The van der Waals surface area contributed by atoms with Gasteiger partial charge in [-0.25, -0.2) is 0 Å². The first-order chi connectivity index (χ1) is 4.88. The van der Waals surface area contributed by atoms with Crippen molar-refractivity contribution >= 4 is 23.2 Å². The fourth-order valence-corrected chi connectivity index (χ4v) is 1.47. The van der Waals surface area contributed by atoms with Gasteiger partial charge in [-0.15, -0.1) is 0 Å². The second-order valence-corrected chi connectivity index (χ2v) is 2.78. The van der Waals surface area contributed by atoms with E-state index in [0.717, 1.165) is 10.6 Å². The normalized spacial score (nSPS) is 22.2.